The summed E-state index contributed by atoms with van der Waals surface area (Å²) in [6.45, 7) is 9.54. The number of aromatic nitrogens is 3. The Morgan fingerprint density at radius 2 is 0.958 bits per heavy atom. The molecule has 0 amide bonds. The van der Waals surface area contributed by atoms with Crippen LogP contribution in [0.4, 0.5) is 0 Å². The van der Waals surface area contributed by atoms with Crippen LogP contribution in [0.5, 0.6) is 0 Å². The SMILES string of the molecule is CC1(C)c2cc3c(cc2-c2c1ccc1ccccc21)C(C)(C)c1cc(-c2nc(-c4cccs4)nc(-c4cccs4)n2)c2ccccc2c1-3. The van der Waals surface area contributed by atoms with E-state index in [4.69, 9.17) is 15.0 Å². The van der Waals surface area contributed by atoms with Crippen molar-refractivity contribution >= 4 is 44.2 Å². The Labute approximate surface area is 287 Å². The zero-order chi connectivity index (χ0) is 32.4. The topological polar surface area (TPSA) is 38.7 Å². The zero-order valence-electron chi connectivity index (χ0n) is 27.1. The van der Waals surface area contributed by atoms with E-state index in [2.05, 4.69) is 142 Å². The van der Waals surface area contributed by atoms with Gasteiger partial charge in [-0.25, -0.2) is 15.0 Å². The molecule has 0 aliphatic heterocycles. The standard InChI is InChI=1S/C43H31N3S2/c1-42(2)31-18-17-24-11-5-6-12-25(24)37(31)29-22-33-30(23-32(29)42)38-27-14-8-7-13-26(27)28(21-34(38)43(33,3)4)39-44-40(35-15-9-19-47-35)46-41(45-39)36-16-10-20-48-36/h5-23H,1-4H3. The summed E-state index contributed by atoms with van der Waals surface area (Å²) >= 11 is 3.31. The van der Waals surface area contributed by atoms with Crippen LogP contribution in [0.3, 0.4) is 0 Å². The molecule has 3 aromatic heterocycles. The van der Waals surface area contributed by atoms with Gasteiger partial charge in [0.05, 0.1) is 9.75 Å². The number of fused-ring (bicyclic) bond motifs is 10. The minimum absolute atomic E-state index is 0.104. The predicted octanol–water partition coefficient (Wildman–Crippen LogP) is 11.9. The third kappa shape index (κ3) is 3.77. The van der Waals surface area contributed by atoms with Gasteiger partial charge in [0.1, 0.15) is 0 Å². The van der Waals surface area contributed by atoms with Crippen LogP contribution < -0.4 is 0 Å². The van der Waals surface area contributed by atoms with Crippen molar-refractivity contribution in [3.8, 4) is 55.0 Å². The van der Waals surface area contributed by atoms with Crippen LogP contribution in [0.2, 0.25) is 0 Å². The molecule has 0 atom stereocenters. The quantitative estimate of drug-likeness (QED) is 0.190. The lowest BCUT2D eigenvalue weighted by molar-refractivity contribution is 0.652. The molecule has 2 aliphatic carbocycles. The van der Waals surface area contributed by atoms with Gasteiger partial charge in [0.25, 0.3) is 0 Å². The van der Waals surface area contributed by atoms with E-state index in [1.165, 1.54) is 60.7 Å². The second-order valence-corrected chi connectivity index (χ2v) is 16.0. The summed E-state index contributed by atoms with van der Waals surface area (Å²) in [4.78, 5) is 17.3. The molecule has 0 saturated heterocycles. The highest BCUT2D eigenvalue weighted by Gasteiger charge is 2.43. The van der Waals surface area contributed by atoms with Crippen LogP contribution in [0.15, 0.2) is 114 Å². The molecule has 5 heteroatoms. The average Bonchev–Trinajstić information content (AvgIpc) is 3.91. The molecule has 0 bridgehead atoms. The number of thiophene rings is 2. The summed E-state index contributed by atoms with van der Waals surface area (Å²) in [6.07, 6.45) is 0. The van der Waals surface area contributed by atoms with Gasteiger partial charge >= 0.3 is 0 Å². The van der Waals surface area contributed by atoms with E-state index >= 15 is 0 Å². The Kier molecular flexibility index (Phi) is 5.72. The Hall–Kier alpha value is -4.97. The highest BCUT2D eigenvalue weighted by molar-refractivity contribution is 7.13. The minimum Gasteiger partial charge on any atom is -0.207 e. The molecule has 48 heavy (non-hydrogen) atoms. The van der Waals surface area contributed by atoms with Gasteiger partial charge in [-0.15, -0.1) is 22.7 Å². The van der Waals surface area contributed by atoms with Crippen LogP contribution in [0.25, 0.3) is 76.6 Å². The van der Waals surface area contributed by atoms with Gasteiger partial charge < -0.3 is 0 Å². The molecule has 3 heterocycles. The first-order valence-electron chi connectivity index (χ1n) is 16.4. The molecule has 3 nitrogen and oxygen atoms in total. The molecule has 0 fully saturated rings. The molecule has 0 unspecified atom stereocenters. The summed E-state index contributed by atoms with van der Waals surface area (Å²) in [7, 11) is 0. The second kappa shape index (κ2) is 9.79. The summed E-state index contributed by atoms with van der Waals surface area (Å²) in [6, 6.07) is 38.0. The fourth-order valence-corrected chi connectivity index (χ4v) is 9.61. The van der Waals surface area contributed by atoms with E-state index in [1.807, 2.05) is 0 Å². The first kappa shape index (κ1) is 28.1. The van der Waals surface area contributed by atoms with Crippen LogP contribution >= 0.6 is 22.7 Å². The van der Waals surface area contributed by atoms with E-state index in [-0.39, 0.29) is 10.8 Å². The summed E-state index contributed by atoms with van der Waals surface area (Å²) in [5, 5.41) is 9.18. The number of hydrogen-bond donors (Lipinski definition) is 0. The Bertz CT molecular complexity index is 2560. The van der Waals surface area contributed by atoms with Crippen molar-refractivity contribution in [1.82, 2.24) is 15.0 Å². The van der Waals surface area contributed by atoms with Crippen LogP contribution in [-0.2, 0) is 10.8 Å². The number of benzene rings is 5. The fourth-order valence-electron chi connectivity index (χ4n) is 8.29. The fraction of sp³-hybridized carbons (Fsp3) is 0.140. The van der Waals surface area contributed by atoms with Gasteiger partial charge in [0.2, 0.25) is 0 Å². The molecule has 0 radical (unpaired) electrons. The van der Waals surface area contributed by atoms with E-state index < -0.39 is 0 Å². The third-order valence-corrected chi connectivity index (χ3v) is 12.5. The van der Waals surface area contributed by atoms with Gasteiger partial charge in [0.15, 0.2) is 17.5 Å². The van der Waals surface area contributed by atoms with Gasteiger partial charge in [-0.2, -0.15) is 0 Å². The lowest BCUT2D eigenvalue weighted by Crippen LogP contribution is -2.17. The minimum atomic E-state index is -0.226. The lowest BCUT2D eigenvalue weighted by atomic mass is 9.79. The highest BCUT2D eigenvalue weighted by Crippen LogP contribution is 2.59. The largest absolute Gasteiger partial charge is 0.207 e. The molecular formula is C43H31N3S2. The van der Waals surface area contributed by atoms with Crippen molar-refractivity contribution in [2.45, 2.75) is 38.5 Å². The maximum absolute atomic E-state index is 5.14. The molecule has 2 aliphatic rings. The zero-order valence-corrected chi connectivity index (χ0v) is 28.8. The molecule has 0 saturated carbocycles. The van der Waals surface area contributed by atoms with E-state index in [1.54, 1.807) is 22.7 Å². The molecule has 0 spiro atoms. The Morgan fingerprint density at radius 3 is 1.58 bits per heavy atom. The van der Waals surface area contributed by atoms with Crippen LogP contribution in [0.1, 0.15) is 49.9 Å². The molecule has 5 aromatic carbocycles. The number of rotatable bonds is 3. The second-order valence-electron chi connectivity index (χ2n) is 14.1. The first-order valence-corrected chi connectivity index (χ1v) is 18.2. The summed E-state index contributed by atoms with van der Waals surface area (Å²) in [5.41, 5.74) is 11.7. The highest BCUT2D eigenvalue weighted by atomic mass is 32.1. The predicted molar refractivity (Wildman–Crippen MR) is 202 cm³/mol. The molecule has 230 valence electrons. The van der Waals surface area contributed by atoms with E-state index in [0.717, 1.165) is 32.4 Å². The van der Waals surface area contributed by atoms with Gasteiger partial charge in [-0.05, 0) is 107 Å². The van der Waals surface area contributed by atoms with Gasteiger partial charge in [-0.3, -0.25) is 0 Å². The van der Waals surface area contributed by atoms with Gasteiger partial charge in [-0.1, -0.05) is 100 Å². The van der Waals surface area contributed by atoms with Crippen LogP contribution in [-0.4, -0.2) is 15.0 Å². The lowest BCUT2D eigenvalue weighted by Gasteiger charge is -2.24. The summed E-state index contributed by atoms with van der Waals surface area (Å²) in [5.74, 6) is 2.15. The van der Waals surface area contributed by atoms with Crippen molar-refractivity contribution in [3.63, 3.8) is 0 Å². The normalized spacial score (nSPS) is 15.0. The Balaban J connectivity index is 1.24. The Morgan fingerprint density at radius 1 is 0.438 bits per heavy atom. The average molecular weight is 654 g/mol. The van der Waals surface area contributed by atoms with Gasteiger partial charge in [0, 0.05) is 16.4 Å². The smallest absolute Gasteiger partial charge is 0.174 e. The van der Waals surface area contributed by atoms with Crippen molar-refractivity contribution in [3.05, 3.63) is 136 Å². The van der Waals surface area contributed by atoms with Crippen molar-refractivity contribution in [2.75, 3.05) is 0 Å². The first-order chi connectivity index (χ1) is 23.3. The van der Waals surface area contributed by atoms with Crippen molar-refractivity contribution in [2.24, 2.45) is 0 Å². The van der Waals surface area contributed by atoms with E-state index in [9.17, 15) is 0 Å². The molecular weight excluding hydrogens is 623 g/mol. The summed E-state index contributed by atoms with van der Waals surface area (Å²) < 4.78 is 0. The maximum atomic E-state index is 5.14. The maximum Gasteiger partial charge on any atom is 0.174 e. The number of nitrogens with zero attached hydrogens (tertiary/aromatic N) is 3. The monoisotopic (exact) mass is 653 g/mol. The van der Waals surface area contributed by atoms with Crippen molar-refractivity contribution < 1.29 is 0 Å². The third-order valence-electron chi connectivity index (χ3n) is 10.7. The van der Waals surface area contributed by atoms with E-state index in [0.29, 0.717) is 5.82 Å². The molecule has 8 aromatic rings. The number of hydrogen-bond acceptors (Lipinski definition) is 5. The van der Waals surface area contributed by atoms with Crippen LogP contribution in [0, 0.1) is 0 Å². The molecule has 0 N–H and O–H groups in total. The van der Waals surface area contributed by atoms with Crippen molar-refractivity contribution in [1.29, 1.82) is 0 Å². The molecule has 10 rings (SSSR count).